The Labute approximate surface area is 542 Å². The van der Waals surface area contributed by atoms with Crippen LogP contribution in [-0.4, -0.2) is 26.4 Å². The maximum absolute atomic E-state index is 6.69. The molecule has 4 nitrogen and oxygen atoms in total. The van der Waals surface area contributed by atoms with Crippen LogP contribution in [0.25, 0.3) is 18.2 Å². The van der Waals surface area contributed by atoms with Gasteiger partial charge in [0.25, 0.3) is 0 Å². The van der Waals surface area contributed by atoms with Crippen molar-refractivity contribution < 1.29 is 18.9 Å². The van der Waals surface area contributed by atoms with Crippen LogP contribution < -0.4 is 18.9 Å². The molecule has 0 radical (unpaired) electrons. The Hall–Kier alpha value is -5.32. The van der Waals surface area contributed by atoms with E-state index in [1.54, 1.807) is 0 Å². The monoisotopic (exact) mass is 1200 g/mol. The molecule has 4 heteroatoms. The number of hydrogen-bond acceptors (Lipinski definition) is 4. The van der Waals surface area contributed by atoms with Gasteiger partial charge < -0.3 is 18.9 Å². The molecular weight excluding hydrogens is 1070 g/mol. The minimum atomic E-state index is 0.647. The molecular formula is C84H126O4. The Kier molecular flexibility index (Phi) is 45.7. The Morgan fingerprint density at radius 1 is 0.284 bits per heavy atom. The summed E-state index contributed by atoms with van der Waals surface area (Å²) in [7, 11) is 0. The first-order valence-corrected chi connectivity index (χ1v) is 36.9. The lowest BCUT2D eigenvalue weighted by Crippen LogP contribution is -2.03. The first-order valence-electron chi connectivity index (χ1n) is 36.9. The van der Waals surface area contributed by atoms with Gasteiger partial charge >= 0.3 is 0 Å². The van der Waals surface area contributed by atoms with Gasteiger partial charge in [0.15, 0.2) is 0 Å². The predicted molar refractivity (Wildman–Crippen MR) is 385 cm³/mol. The molecule has 0 heterocycles. The second-order valence-electron chi connectivity index (χ2n) is 25.3. The molecule has 0 aliphatic heterocycles. The van der Waals surface area contributed by atoms with Gasteiger partial charge in [-0.25, -0.2) is 0 Å². The predicted octanol–water partition coefficient (Wildman–Crippen LogP) is 26.1. The van der Waals surface area contributed by atoms with Crippen molar-refractivity contribution in [2.24, 2.45) is 0 Å². The fraction of sp³-hybridized carbons (Fsp3) is 0.619. The average molecular weight is 1200 g/mol. The van der Waals surface area contributed by atoms with Gasteiger partial charge in [-0.3, -0.25) is 0 Å². The Morgan fingerprint density at radius 2 is 0.568 bits per heavy atom. The van der Waals surface area contributed by atoms with Gasteiger partial charge in [-0.05, 0) is 67.6 Å². The molecule has 0 fully saturated rings. The van der Waals surface area contributed by atoms with Gasteiger partial charge in [-0.1, -0.05) is 363 Å². The van der Waals surface area contributed by atoms with Gasteiger partial charge in [0.2, 0.25) is 0 Å². The summed E-state index contributed by atoms with van der Waals surface area (Å²) in [6.45, 7) is 16.0. The zero-order valence-corrected chi connectivity index (χ0v) is 57.0. The number of benzene rings is 4. The molecule has 0 N–H and O–H groups in total. The van der Waals surface area contributed by atoms with Crippen molar-refractivity contribution in [1.82, 2.24) is 0 Å². The van der Waals surface area contributed by atoms with E-state index in [1.165, 1.54) is 257 Å². The van der Waals surface area contributed by atoms with Crippen LogP contribution in [0.15, 0.2) is 85.4 Å². The van der Waals surface area contributed by atoms with Crippen molar-refractivity contribution in [1.29, 1.82) is 0 Å². The van der Waals surface area contributed by atoms with Crippen LogP contribution in [-0.2, 0) is 0 Å². The van der Waals surface area contributed by atoms with E-state index in [-0.39, 0.29) is 0 Å². The standard InChI is InChI=1S/C84H126O4/c1-6-11-15-19-23-25-27-29-31-33-35-37-39-41-45-52-68-87-83-73-80(84(72-79(83)63-60-74-54-48-47-49-55-74)88-69-53-46-42-40-38-36-34-32-30-28-26-24-20-16-12-7-2)65-62-76-58-56-75(57-59-76)61-64-78-71-81(85-66-50-43-21-17-13-8-3)77(10-5)70-82(78)86-67-51-44-22-18-14-9-4/h10,47-49,54-59,61,64,70-73H,5-9,11-46,50-53,66-69H2,1-4H3/b64-61+. The summed E-state index contributed by atoms with van der Waals surface area (Å²) in [5, 5.41) is 0. The SMILES string of the molecule is C=Cc1cc(OCCCCCCCC)c(/C=C/c2ccc(C#Cc3cc(OCCCCCCCCCCCCCCCCCC)c(C#Cc4ccccc4)cc3OCCCCCCCCCCCCCCCCCC)cc2)cc1OCCCCCCCC. The molecule has 486 valence electrons. The normalized spacial score (nSPS) is 11.1. The highest BCUT2D eigenvalue weighted by Gasteiger charge is 2.13. The topological polar surface area (TPSA) is 36.9 Å². The van der Waals surface area contributed by atoms with E-state index < -0.39 is 0 Å². The molecule has 4 rings (SSSR count). The molecule has 0 bridgehead atoms. The Bertz CT molecular complexity index is 2480. The minimum Gasteiger partial charge on any atom is -0.493 e. The minimum absolute atomic E-state index is 0.647. The fourth-order valence-corrected chi connectivity index (χ4v) is 11.6. The molecule has 0 atom stereocenters. The van der Waals surface area contributed by atoms with Gasteiger partial charge in [0.1, 0.15) is 23.0 Å². The number of hydrogen-bond donors (Lipinski definition) is 0. The molecule has 4 aromatic rings. The van der Waals surface area contributed by atoms with Crippen LogP contribution in [0.4, 0.5) is 0 Å². The fourth-order valence-electron chi connectivity index (χ4n) is 11.6. The van der Waals surface area contributed by atoms with Gasteiger partial charge in [-0.2, -0.15) is 0 Å². The second-order valence-corrected chi connectivity index (χ2v) is 25.3. The molecule has 0 spiro atoms. The van der Waals surface area contributed by atoms with Crippen molar-refractivity contribution in [3.8, 4) is 46.7 Å². The number of unbranched alkanes of at least 4 members (excludes halogenated alkanes) is 40. The second kappa shape index (κ2) is 53.5. The van der Waals surface area contributed by atoms with Crippen molar-refractivity contribution in [3.63, 3.8) is 0 Å². The summed E-state index contributed by atoms with van der Waals surface area (Å²) < 4.78 is 26.3. The van der Waals surface area contributed by atoms with Crippen molar-refractivity contribution in [2.75, 3.05) is 26.4 Å². The highest BCUT2D eigenvalue weighted by molar-refractivity contribution is 5.76. The first kappa shape index (κ1) is 75.1. The quantitative estimate of drug-likeness (QED) is 0.0251. The molecule has 0 aliphatic carbocycles. The summed E-state index contributed by atoms with van der Waals surface area (Å²) in [5.41, 5.74) is 6.66. The third-order valence-corrected chi connectivity index (χ3v) is 17.3. The highest BCUT2D eigenvalue weighted by Crippen LogP contribution is 2.33. The van der Waals surface area contributed by atoms with Crippen LogP contribution in [0.2, 0.25) is 0 Å². The van der Waals surface area contributed by atoms with Crippen LogP contribution in [0, 0.1) is 23.7 Å². The molecule has 0 aromatic heterocycles. The molecule has 0 saturated heterocycles. The number of rotatable bonds is 55. The Balaban J connectivity index is 1.45. The Morgan fingerprint density at radius 3 is 0.898 bits per heavy atom. The summed E-state index contributed by atoms with van der Waals surface area (Å²) in [5.74, 6) is 17.2. The van der Waals surface area contributed by atoms with Crippen LogP contribution in [0.1, 0.15) is 349 Å². The third-order valence-electron chi connectivity index (χ3n) is 17.3. The van der Waals surface area contributed by atoms with E-state index in [9.17, 15) is 0 Å². The van der Waals surface area contributed by atoms with E-state index in [0.717, 1.165) is 87.6 Å². The van der Waals surface area contributed by atoms with E-state index in [0.29, 0.717) is 26.4 Å². The van der Waals surface area contributed by atoms with Crippen molar-refractivity contribution >= 4 is 18.2 Å². The van der Waals surface area contributed by atoms with Gasteiger partial charge in [0, 0.05) is 34.4 Å². The van der Waals surface area contributed by atoms with E-state index in [2.05, 4.69) is 131 Å². The summed E-state index contributed by atoms with van der Waals surface area (Å²) >= 11 is 0. The van der Waals surface area contributed by atoms with E-state index in [1.807, 2.05) is 24.3 Å². The van der Waals surface area contributed by atoms with Crippen molar-refractivity contribution in [3.05, 3.63) is 124 Å². The van der Waals surface area contributed by atoms with E-state index in [4.69, 9.17) is 18.9 Å². The first-order chi connectivity index (χ1) is 43.6. The zero-order chi connectivity index (χ0) is 62.3. The molecule has 4 aromatic carbocycles. The third kappa shape index (κ3) is 37.0. The largest absolute Gasteiger partial charge is 0.493 e. The lowest BCUT2D eigenvalue weighted by Gasteiger charge is -2.15. The molecule has 88 heavy (non-hydrogen) atoms. The van der Waals surface area contributed by atoms with Crippen LogP contribution in [0.5, 0.6) is 23.0 Å². The maximum atomic E-state index is 6.69. The highest BCUT2D eigenvalue weighted by atomic mass is 16.5. The average Bonchev–Trinajstić information content (AvgIpc) is 3.60. The summed E-state index contributed by atoms with van der Waals surface area (Å²) in [6.07, 6.45) is 64.0. The zero-order valence-electron chi connectivity index (χ0n) is 57.0. The summed E-state index contributed by atoms with van der Waals surface area (Å²) in [6, 6.07) is 27.2. The van der Waals surface area contributed by atoms with Crippen LogP contribution >= 0.6 is 0 Å². The molecule has 0 amide bonds. The molecule has 0 saturated carbocycles. The molecule has 0 unspecified atom stereocenters. The maximum Gasteiger partial charge on any atom is 0.136 e. The number of ether oxygens (including phenoxy) is 4. The summed E-state index contributed by atoms with van der Waals surface area (Å²) in [4.78, 5) is 0. The molecule has 0 aliphatic rings. The lowest BCUT2D eigenvalue weighted by atomic mass is 10.0. The lowest BCUT2D eigenvalue weighted by molar-refractivity contribution is 0.295. The van der Waals surface area contributed by atoms with Crippen molar-refractivity contribution in [2.45, 2.75) is 310 Å². The van der Waals surface area contributed by atoms with Crippen LogP contribution in [0.3, 0.4) is 0 Å². The smallest absolute Gasteiger partial charge is 0.136 e. The van der Waals surface area contributed by atoms with Gasteiger partial charge in [0.05, 0.1) is 37.6 Å². The van der Waals surface area contributed by atoms with E-state index >= 15 is 0 Å². The van der Waals surface area contributed by atoms with Gasteiger partial charge in [-0.15, -0.1) is 0 Å².